The summed E-state index contributed by atoms with van der Waals surface area (Å²) < 4.78 is 0. The van der Waals surface area contributed by atoms with Gasteiger partial charge in [0.05, 0.1) is 17.4 Å². The summed E-state index contributed by atoms with van der Waals surface area (Å²) in [6.07, 6.45) is 3.28. The first-order valence-corrected chi connectivity index (χ1v) is 7.58. The molecule has 2 rings (SSSR count). The molecule has 22 heavy (non-hydrogen) atoms. The fraction of sp³-hybridized carbons (Fsp3) is 0.333. The highest BCUT2D eigenvalue weighted by Crippen LogP contribution is 2.20. The minimum Gasteiger partial charge on any atom is -0.354 e. The topological polar surface area (TPSA) is 54.0 Å². The van der Waals surface area contributed by atoms with Gasteiger partial charge in [-0.3, -0.25) is 9.78 Å². The van der Waals surface area contributed by atoms with Crippen molar-refractivity contribution in [1.82, 2.24) is 10.3 Å². The first kappa shape index (κ1) is 16.0. The van der Waals surface area contributed by atoms with Crippen LogP contribution in [0.1, 0.15) is 49.5 Å². The van der Waals surface area contributed by atoms with Crippen molar-refractivity contribution in [3.63, 3.8) is 0 Å². The third-order valence-electron chi connectivity index (χ3n) is 3.29. The molecule has 116 valence electrons. The van der Waals surface area contributed by atoms with E-state index in [4.69, 9.17) is 0 Å². The van der Waals surface area contributed by atoms with Crippen LogP contribution < -0.4 is 10.6 Å². The number of hydrogen-bond donors (Lipinski definition) is 2. The average Bonchev–Trinajstić information content (AvgIpc) is 2.47. The van der Waals surface area contributed by atoms with E-state index >= 15 is 0 Å². The van der Waals surface area contributed by atoms with Crippen LogP contribution in [-0.4, -0.2) is 16.9 Å². The summed E-state index contributed by atoms with van der Waals surface area (Å²) in [6, 6.07) is 10.2. The number of anilines is 2. The fourth-order valence-electron chi connectivity index (χ4n) is 2.10. The van der Waals surface area contributed by atoms with E-state index in [1.807, 2.05) is 26.0 Å². The van der Waals surface area contributed by atoms with Crippen LogP contribution in [0.15, 0.2) is 42.7 Å². The Morgan fingerprint density at radius 3 is 2.27 bits per heavy atom. The molecule has 0 bridgehead atoms. The van der Waals surface area contributed by atoms with Crippen LogP contribution >= 0.6 is 0 Å². The van der Waals surface area contributed by atoms with Crippen LogP contribution in [-0.2, 0) is 0 Å². The summed E-state index contributed by atoms with van der Waals surface area (Å²) in [4.78, 5) is 16.1. The van der Waals surface area contributed by atoms with Crippen molar-refractivity contribution >= 4 is 17.3 Å². The largest absolute Gasteiger partial charge is 0.354 e. The molecule has 2 N–H and O–H groups in total. The Hall–Kier alpha value is -2.36. The maximum atomic E-state index is 12.0. The Morgan fingerprint density at radius 2 is 1.68 bits per heavy atom. The van der Waals surface area contributed by atoms with Gasteiger partial charge < -0.3 is 10.6 Å². The van der Waals surface area contributed by atoms with E-state index in [0.717, 1.165) is 11.4 Å². The first-order chi connectivity index (χ1) is 10.5. The third kappa shape index (κ3) is 4.32. The molecule has 0 aliphatic carbocycles. The first-order valence-electron chi connectivity index (χ1n) is 7.58. The predicted molar refractivity (Wildman–Crippen MR) is 90.7 cm³/mol. The van der Waals surface area contributed by atoms with E-state index in [2.05, 4.69) is 41.6 Å². The van der Waals surface area contributed by atoms with Gasteiger partial charge in [0.15, 0.2) is 0 Å². The zero-order valence-electron chi connectivity index (χ0n) is 13.6. The van der Waals surface area contributed by atoms with E-state index in [0.29, 0.717) is 11.5 Å². The summed E-state index contributed by atoms with van der Waals surface area (Å²) >= 11 is 0. The van der Waals surface area contributed by atoms with Crippen molar-refractivity contribution in [1.29, 1.82) is 0 Å². The molecule has 1 aromatic heterocycles. The number of carbonyl (C=O) groups excluding carboxylic acids is 1. The number of benzene rings is 1. The maximum Gasteiger partial charge on any atom is 0.253 e. The molecule has 1 amide bonds. The van der Waals surface area contributed by atoms with Gasteiger partial charge in [-0.25, -0.2) is 0 Å². The van der Waals surface area contributed by atoms with Gasteiger partial charge in [-0.2, -0.15) is 0 Å². The number of nitrogens with zero attached hydrogens (tertiary/aromatic N) is 1. The van der Waals surface area contributed by atoms with Crippen LogP contribution in [0.2, 0.25) is 0 Å². The molecule has 0 radical (unpaired) electrons. The van der Waals surface area contributed by atoms with Gasteiger partial charge >= 0.3 is 0 Å². The highest BCUT2D eigenvalue weighted by molar-refractivity contribution is 5.95. The Balaban J connectivity index is 2.11. The number of pyridine rings is 1. The van der Waals surface area contributed by atoms with Gasteiger partial charge in [0.25, 0.3) is 5.91 Å². The van der Waals surface area contributed by atoms with Crippen molar-refractivity contribution in [2.24, 2.45) is 0 Å². The summed E-state index contributed by atoms with van der Waals surface area (Å²) in [7, 11) is 0. The third-order valence-corrected chi connectivity index (χ3v) is 3.29. The number of aromatic nitrogens is 1. The molecule has 0 saturated carbocycles. The molecule has 4 heteroatoms. The van der Waals surface area contributed by atoms with E-state index in [-0.39, 0.29) is 11.9 Å². The molecule has 4 nitrogen and oxygen atoms in total. The highest BCUT2D eigenvalue weighted by Gasteiger charge is 2.08. The number of rotatable bonds is 5. The Morgan fingerprint density at radius 1 is 1.00 bits per heavy atom. The molecule has 1 heterocycles. The second-order valence-electron chi connectivity index (χ2n) is 5.99. The lowest BCUT2D eigenvalue weighted by Gasteiger charge is -2.11. The fourth-order valence-corrected chi connectivity index (χ4v) is 2.10. The van der Waals surface area contributed by atoms with Gasteiger partial charge in [0.2, 0.25) is 0 Å². The maximum absolute atomic E-state index is 12.0. The highest BCUT2D eigenvalue weighted by atomic mass is 16.1. The molecular formula is C18H23N3O. The summed E-state index contributed by atoms with van der Waals surface area (Å²) in [5, 5.41) is 6.14. The summed E-state index contributed by atoms with van der Waals surface area (Å²) in [5.41, 5.74) is 3.63. The van der Waals surface area contributed by atoms with Gasteiger partial charge in [-0.15, -0.1) is 0 Å². The quantitative estimate of drug-likeness (QED) is 0.874. The van der Waals surface area contributed by atoms with E-state index in [1.165, 1.54) is 5.56 Å². The van der Waals surface area contributed by atoms with Crippen molar-refractivity contribution in [3.05, 3.63) is 53.9 Å². The smallest absolute Gasteiger partial charge is 0.253 e. The second-order valence-corrected chi connectivity index (χ2v) is 5.99. The van der Waals surface area contributed by atoms with Crippen LogP contribution in [0, 0.1) is 0 Å². The van der Waals surface area contributed by atoms with E-state index in [1.54, 1.807) is 18.5 Å². The Bertz CT molecular complexity index is 633. The molecule has 0 aliphatic rings. The zero-order chi connectivity index (χ0) is 16.1. The molecule has 0 fully saturated rings. The molecular weight excluding hydrogens is 274 g/mol. The van der Waals surface area contributed by atoms with E-state index < -0.39 is 0 Å². The van der Waals surface area contributed by atoms with Crippen LogP contribution in [0.25, 0.3) is 0 Å². The SMILES string of the molecule is CC(C)NC(=O)c1cncc(Nc2ccc(C(C)C)cc2)c1. The van der Waals surface area contributed by atoms with Gasteiger partial charge in [0.1, 0.15) is 0 Å². The van der Waals surface area contributed by atoms with Crippen molar-refractivity contribution in [3.8, 4) is 0 Å². The summed E-state index contributed by atoms with van der Waals surface area (Å²) in [5.74, 6) is 0.403. The molecule has 2 aromatic rings. The summed E-state index contributed by atoms with van der Waals surface area (Å²) in [6.45, 7) is 8.21. The number of hydrogen-bond acceptors (Lipinski definition) is 3. The van der Waals surface area contributed by atoms with Crippen molar-refractivity contribution in [2.45, 2.75) is 39.7 Å². The molecule has 0 atom stereocenters. The van der Waals surface area contributed by atoms with E-state index in [9.17, 15) is 4.79 Å². The Kier molecular flexibility index (Phi) is 5.15. The Labute approximate surface area is 132 Å². The zero-order valence-corrected chi connectivity index (χ0v) is 13.6. The predicted octanol–water partition coefficient (Wildman–Crippen LogP) is 4.09. The molecule has 0 saturated heterocycles. The monoisotopic (exact) mass is 297 g/mol. The second kappa shape index (κ2) is 7.07. The molecule has 0 aliphatic heterocycles. The molecule has 0 unspecified atom stereocenters. The number of nitrogens with one attached hydrogen (secondary N) is 2. The van der Waals surface area contributed by atoms with Crippen LogP contribution in [0.3, 0.4) is 0 Å². The lowest BCUT2D eigenvalue weighted by molar-refractivity contribution is 0.0943. The van der Waals surface area contributed by atoms with Crippen LogP contribution in [0.4, 0.5) is 11.4 Å². The molecule has 0 spiro atoms. The minimum absolute atomic E-state index is 0.104. The van der Waals surface area contributed by atoms with Crippen molar-refractivity contribution < 1.29 is 4.79 Å². The lowest BCUT2D eigenvalue weighted by atomic mass is 10.0. The van der Waals surface area contributed by atoms with Gasteiger partial charge in [-0.05, 0) is 43.5 Å². The number of amides is 1. The van der Waals surface area contributed by atoms with Crippen molar-refractivity contribution in [2.75, 3.05) is 5.32 Å². The normalized spacial score (nSPS) is 10.8. The standard InChI is InChI=1S/C18H23N3O/c1-12(2)14-5-7-16(8-6-14)21-17-9-15(10-19-11-17)18(22)20-13(3)4/h5-13,21H,1-4H3,(H,20,22). The van der Waals surface area contributed by atoms with Gasteiger partial charge in [-0.1, -0.05) is 26.0 Å². The number of carbonyl (C=O) groups is 1. The lowest BCUT2D eigenvalue weighted by Crippen LogP contribution is -2.30. The molecule has 1 aromatic carbocycles. The van der Waals surface area contributed by atoms with Gasteiger partial charge in [0, 0.05) is 17.9 Å². The minimum atomic E-state index is -0.110. The van der Waals surface area contributed by atoms with Crippen LogP contribution in [0.5, 0.6) is 0 Å². The average molecular weight is 297 g/mol.